The number of carboxylic acid groups (broad SMARTS) is 1. The highest BCUT2D eigenvalue weighted by Crippen LogP contribution is 2.24. The summed E-state index contributed by atoms with van der Waals surface area (Å²) in [6.07, 6.45) is 3.85. The van der Waals surface area contributed by atoms with Crippen LogP contribution in [0.4, 0.5) is 0 Å². The maximum absolute atomic E-state index is 11.0. The fourth-order valence-electron chi connectivity index (χ4n) is 1.98. The Morgan fingerprint density at radius 2 is 1.95 bits per heavy atom. The first-order chi connectivity index (χ1) is 8.78. The summed E-state index contributed by atoms with van der Waals surface area (Å²) in [6, 6.07) is 1.09. The van der Waals surface area contributed by atoms with Crippen molar-refractivity contribution in [2.75, 3.05) is 5.75 Å². The standard InChI is InChI=1S/C12H24O5SSi/c1-3-4-9-19-11(10(2)12(13)14)7-5-6-8-18(15,16)17/h11H,2-9,19H2,1H3,(H,13,14)(H,15,16,17). The van der Waals surface area contributed by atoms with Gasteiger partial charge >= 0.3 is 5.97 Å². The Hall–Kier alpha value is -0.663. The molecule has 0 aliphatic rings. The first-order valence-electron chi connectivity index (χ1n) is 6.65. The Morgan fingerprint density at radius 1 is 1.32 bits per heavy atom. The van der Waals surface area contributed by atoms with Gasteiger partial charge in [-0.25, -0.2) is 4.79 Å². The second-order valence-electron chi connectivity index (χ2n) is 4.80. The third-order valence-electron chi connectivity index (χ3n) is 3.13. The van der Waals surface area contributed by atoms with Crippen LogP contribution in [0.15, 0.2) is 12.2 Å². The van der Waals surface area contributed by atoms with E-state index in [1.807, 2.05) is 0 Å². The highest BCUT2D eigenvalue weighted by Gasteiger charge is 2.18. The molecule has 0 fully saturated rings. The fraction of sp³-hybridized carbons (Fsp3) is 0.750. The van der Waals surface area contributed by atoms with Gasteiger partial charge in [0, 0.05) is 15.1 Å². The second kappa shape index (κ2) is 9.27. The van der Waals surface area contributed by atoms with Crippen LogP contribution in [-0.2, 0) is 14.9 Å². The molecular formula is C12H24O5SSi. The van der Waals surface area contributed by atoms with E-state index >= 15 is 0 Å². The predicted molar refractivity (Wildman–Crippen MR) is 79.1 cm³/mol. The Kier molecular flexibility index (Phi) is 8.95. The van der Waals surface area contributed by atoms with Crippen LogP contribution >= 0.6 is 0 Å². The maximum atomic E-state index is 11.0. The molecule has 0 aliphatic heterocycles. The molecule has 5 nitrogen and oxygen atoms in total. The van der Waals surface area contributed by atoms with E-state index in [0.717, 1.165) is 18.9 Å². The molecule has 0 saturated heterocycles. The van der Waals surface area contributed by atoms with E-state index in [2.05, 4.69) is 13.5 Å². The van der Waals surface area contributed by atoms with Gasteiger partial charge in [0.1, 0.15) is 0 Å². The van der Waals surface area contributed by atoms with Crippen molar-refractivity contribution in [1.29, 1.82) is 0 Å². The average molecular weight is 308 g/mol. The van der Waals surface area contributed by atoms with E-state index in [1.165, 1.54) is 0 Å². The lowest BCUT2D eigenvalue weighted by molar-refractivity contribution is -0.132. The smallest absolute Gasteiger partial charge is 0.330 e. The van der Waals surface area contributed by atoms with E-state index in [1.54, 1.807) is 0 Å². The maximum Gasteiger partial charge on any atom is 0.330 e. The van der Waals surface area contributed by atoms with Crippen LogP contribution < -0.4 is 0 Å². The highest BCUT2D eigenvalue weighted by molar-refractivity contribution is 7.85. The van der Waals surface area contributed by atoms with Gasteiger partial charge in [0.25, 0.3) is 10.1 Å². The molecule has 0 rings (SSSR count). The van der Waals surface area contributed by atoms with E-state index < -0.39 is 25.6 Å². The summed E-state index contributed by atoms with van der Waals surface area (Å²) in [6.45, 7) is 5.73. The minimum atomic E-state index is -3.91. The topological polar surface area (TPSA) is 91.7 Å². The molecule has 0 aromatic heterocycles. The number of aliphatic carboxylic acids is 1. The summed E-state index contributed by atoms with van der Waals surface area (Å²) in [5.41, 5.74) is 0.292. The molecule has 0 amide bonds. The molecule has 0 heterocycles. The van der Waals surface area contributed by atoms with Crippen molar-refractivity contribution in [3.63, 3.8) is 0 Å². The quantitative estimate of drug-likeness (QED) is 0.263. The van der Waals surface area contributed by atoms with E-state index in [4.69, 9.17) is 9.66 Å². The van der Waals surface area contributed by atoms with Crippen molar-refractivity contribution in [3.8, 4) is 0 Å². The third kappa shape index (κ3) is 9.86. The molecule has 0 aromatic carbocycles. The number of carbonyl (C=O) groups is 1. The van der Waals surface area contributed by atoms with Crippen LogP contribution in [0.25, 0.3) is 0 Å². The Bertz CT molecular complexity index is 391. The molecule has 1 unspecified atom stereocenters. The SMILES string of the molecule is C=C(C(=O)O)C(CCCCS(=O)(=O)O)[SiH2]CCCC. The molecule has 19 heavy (non-hydrogen) atoms. The van der Waals surface area contributed by atoms with Crippen molar-refractivity contribution >= 4 is 25.6 Å². The molecule has 112 valence electrons. The zero-order valence-corrected chi connectivity index (χ0v) is 13.7. The lowest BCUT2D eigenvalue weighted by Gasteiger charge is -2.16. The van der Waals surface area contributed by atoms with Gasteiger partial charge in [0.15, 0.2) is 0 Å². The Morgan fingerprint density at radius 3 is 2.42 bits per heavy atom. The Labute approximate surface area is 117 Å². The van der Waals surface area contributed by atoms with Crippen molar-refractivity contribution in [2.24, 2.45) is 0 Å². The molecule has 0 bridgehead atoms. The van der Waals surface area contributed by atoms with Crippen LogP contribution in [0.1, 0.15) is 39.0 Å². The Balaban J connectivity index is 4.19. The van der Waals surface area contributed by atoms with Crippen molar-refractivity contribution < 1.29 is 22.9 Å². The van der Waals surface area contributed by atoms with E-state index in [9.17, 15) is 13.2 Å². The number of hydrogen-bond acceptors (Lipinski definition) is 3. The zero-order chi connectivity index (χ0) is 14.9. The van der Waals surface area contributed by atoms with Crippen molar-refractivity contribution in [3.05, 3.63) is 12.2 Å². The lowest BCUT2D eigenvalue weighted by atomic mass is 10.1. The number of unbranched alkanes of at least 4 members (excludes halogenated alkanes) is 2. The van der Waals surface area contributed by atoms with Crippen molar-refractivity contribution in [1.82, 2.24) is 0 Å². The molecule has 1 atom stereocenters. The van der Waals surface area contributed by atoms with Gasteiger partial charge in [-0.3, -0.25) is 4.55 Å². The summed E-state index contributed by atoms with van der Waals surface area (Å²) >= 11 is 0. The van der Waals surface area contributed by atoms with Gasteiger partial charge in [-0.05, 0) is 18.4 Å². The van der Waals surface area contributed by atoms with Crippen LogP contribution in [-0.4, -0.2) is 39.3 Å². The summed E-state index contributed by atoms with van der Waals surface area (Å²) in [5, 5.41) is 8.98. The van der Waals surface area contributed by atoms with Gasteiger partial charge < -0.3 is 5.11 Å². The van der Waals surface area contributed by atoms with Gasteiger partial charge in [-0.1, -0.05) is 38.8 Å². The monoisotopic (exact) mass is 308 g/mol. The highest BCUT2D eigenvalue weighted by atomic mass is 32.2. The molecule has 0 radical (unpaired) electrons. The van der Waals surface area contributed by atoms with E-state index in [0.29, 0.717) is 19.3 Å². The molecule has 0 aromatic rings. The summed E-state index contributed by atoms with van der Waals surface area (Å²) in [5.74, 6) is -1.21. The summed E-state index contributed by atoms with van der Waals surface area (Å²) < 4.78 is 29.8. The first-order valence-corrected chi connectivity index (χ1v) is 10.1. The minimum Gasteiger partial charge on any atom is -0.478 e. The lowest BCUT2D eigenvalue weighted by Crippen LogP contribution is -2.13. The second-order valence-corrected chi connectivity index (χ2v) is 8.65. The minimum absolute atomic E-state index is 0.0328. The van der Waals surface area contributed by atoms with Gasteiger partial charge in [0.05, 0.1) is 5.75 Å². The number of hydrogen-bond donors (Lipinski definition) is 2. The number of carboxylic acids is 1. The van der Waals surface area contributed by atoms with Crippen LogP contribution in [0.5, 0.6) is 0 Å². The number of rotatable bonds is 11. The predicted octanol–water partition coefficient (Wildman–Crippen LogP) is 1.86. The zero-order valence-electron chi connectivity index (χ0n) is 11.5. The molecular weight excluding hydrogens is 284 g/mol. The fourth-order valence-corrected chi connectivity index (χ4v) is 4.93. The largest absolute Gasteiger partial charge is 0.478 e. The third-order valence-corrected chi connectivity index (χ3v) is 6.44. The van der Waals surface area contributed by atoms with Crippen LogP contribution in [0.2, 0.25) is 11.6 Å². The summed E-state index contributed by atoms with van der Waals surface area (Å²) in [7, 11) is -4.44. The molecule has 0 aliphatic carbocycles. The average Bonchev–Trinajstić information content (AvgIpc) is 2.30. The van der Waals surface area contributed by atoms with Crippen molar-refractivity contribution in [2.45, 2.75) is 50.6 Å². The van der Waals surface area contributed by atoms with Gasteiger partial charge in [-0.2, -0.15) is 8.42 Å². The molecule has 0 saturated carbocycles. The van der Waals surface area contributed by atoms with Gasteiger partial charge in [0.2, 0.25) is 0 Å². The molecule has 2 N–H and O–H groups in total. The first kappa shape index (κ1) is 18.3. The molecule has 7 heteroatoms. The van der Waals surface area contributed by atoms with Crippen LogP contribution in [0, 0.1) is 0 Å². The van der Waals surface area contributed by atoms with E-state index in [-0.39, 0.29) is 16.9 Å². The molecule has 0 spiro atoms. The summed E-state index contributed by atoms with van der Waals surface area (Å²) in [4.78, 5) is 11.0. The van der Waals surface area contributed by atoms with Gasteiger partial charge in [-0.15, -0.1) is 0 Å². The normalized spacial score (nSPS) is 13.8. The van der Waals surface area contributed by atoms with Crippen LogP contribution in [0.3, 0.4) is 0 Å².